The van der Waals surface area contributed by atoms with Crippen molar-refractivity contribution in [2.45, 2.75) is 19.9 Å². The average molecular weight is 439 g/mol. The summed E-state index contributed by atoms with van der Waals surface area (Å²) in [5.74, 6) is 1.07. The minimum atomic E-state index is -0.0769. The van der Waals surface area contributed by atoms with Crippen LogP contribution in [0.1, 0.15) is 12.2 Å². The van der Waals surface area contributed by atoms with Crippen LogP contribution in [0.4, 0.5) is 0 Å². The summed E-state index contributed by atoms with van der Waals surface area (Å²) in [7, 11) is 0. The van der Waals surface area contributed by atoms with Crippen molar-refractivity contribution >= 4 is 28.3 Å². The third-order valence-electron chi connectivity index (χ3n) is 5.60. The molecule has 0 aliphatic carbocycles. The number of morpholine rings is 1. The van der Waals surface area contributed by atoms with Gasteiger partial charge in [0.2, 0.25) is 0 Å². The van der Waals surface area contributed by atoms with Gasteiger partial charge in [-0.2, -0.15) is 9.50 Å². The summed E-state index contributed by atoms with van der Waals surface area (Å²) in [6.07, 6.45) is 2.71. The van der Waals surface area contributed by atoms with Crippen molar-refractivity contribution in [1.29, 1.82) is 0 Å². The quantitative estimate of drug-likeness (QED) is 0.477. The normalized spacial score (nSPS) is 15.2. The highest BCUT2D eigenvalue weighted by molar-refractivity contribution is 6.30. The van der Waals surface area contributed by atoms with Gasteiger partial charge in [-0.25, -0.2) is 4.98 Å². The number of pyridine rings is 1. The van der Waals surface area contributed by atoms with E-state index in [1.54, 1.807) is 9.08 Å². The first-order valence-corrected chi connectivity index (χ1v) is 10.8. The molecule has 8 nitrogen and oxygen atoms in total. The van der Waals surface area contributed by atoms with Crippen LogP contribution < -0.4 is 5.56 Å². The number of halogens is 1. The van der Waals surface area contributed by atoms with E-state index in [1.807, 2.05) is 43.5 Å². The molecule has 4 aromatic rings. The Morgan fingerprint density at radius 3 is 2.61 bits per heavy atom. The van der Waals surface area contributed by atoms with Crippen molar-refractivity contribution in [2.75, 3.05) is 32.8 Å². The highest BCUT2D eigenvalue weighted by atomic mass is 35.5. The second-order valence-corrected chi connectivity index (χ2v) is 8.16. The van der Waals surface area contributed by atoms with Crippen LogP contribution in [-0.2, 0) is 11.3 Å². The molecule has 0 spiro atoms. The summed E-state index contributed by atoms with van der Waals surface area (Å²) in [5, 5.41) is 5.67. The van der Waals surface area contributed by atoms with E-state index < -0.39 is 0 Å². The molecule has 31 heavy (non-hydrogen) atoms. The number of ether oxygens (including phenoxy) is 1. The van der Waals surface area contributed by atoms with Crippen molar-refractivity contribution in [2.24, 2.45) is 0 Å². The van der Waals surface area contributed by atoms with Gasteiger partial charge in [0.1, 0.15) is 5.82 Å². The van der Waals surface area contributed by atoms with Crippen LogP contribution in [0.3, 0.4) is 0 Å². The molecule has 3 aromatic heterocycles. The van der Waals surface area contributed by atoms with Crippen LogP contribution in [0.25, 0.3) is 27.9 Å². The lowest BCUT2D eigenvalue weighted by atomic mass is 10.1. The lowest BCUT2D eigenvalue weighted by molar-refractivity contribution is 0.0369. The molecule has 1 fully saturated rings. The van der Waals surface area contributed by atoms with Crippen LogP contribution >= 0.6 is 11.6 Å². The van der Waals surface area contributed by atoms with Crippen LogP contribution in [0, 0.1) is 6.92 Å². The number of fused-ring (bicyclic) bond motifs is 2. The Balaban J connectivity index is 1.58. The maximum Gasteiger partial charge on any atom is 0.262 e. The Morgan fingerprint density at radius 2 is 1.84 bits per heavy atom. The lowest BCUT2D eigenvalue weighted by Crippen LogP contribution is -2.37. The molecule has 0 saturated carbocycles. The molecule has 0 bridgehead atoms. The zero-order valence-electron chi connectivity index (χ0n) is 17.3. The Morgan fingerprint density at radius 1 is 1.06 bits per heavy atom. The molecule has 0 unspecified atom stereocenters. The molecule has 0 N–H and O–H groups in total. The van der Waals surface area contributed by atoms with Gasteiger partial charge >= 0.3 is 0 Å². The van der Waals surface area contributed by atoms with E-state index in [9.17, 15) is 4.79 Å². The summed E-state index contributed by atoms with van der Waals surface area (Å²) in [6, 6.07) is 9.28. The first kappa shape index (κ1) is 20.1. The number of aryl methyl sites for hydroxylation is 2. The molecule has 0 radical (unpaired) electrons. The van der Waals surface area contributed by atoms with Gasteiger partial charge in [-0.15, -0.1) is 5.10 Å². The van der Waals surface area contributed by atoms with Crippen molar-refractivity contribution in [3.8, 4) is 11.3 Å². The molecule has 4 heterocycles. The maximum atomic E-state index is 13.5. The van der Waals surface area contributed by atoms with Crippen molar-refractivity contribution in [3.63, 3.8) is 0 Å². The lowest BCUT2D eigenvalue weighted by Gasteiger charge is -2.26. The SMILES string of the molecule is Cc1nc2nc3ccn(CCCN4CCOCC4)c(=O)c3c(-c3ccc(Cl)cc3)n2n1. The van der Waals surface area contributed by atoms with E-state index in [0.29, 0.717) is 39.8 Å². The van der Waals surface area contributed by atoms with Gasteiger partial charge in [0.05, 0.1) is 29.8 Å². The van der Waals surface area contributed by atoms with Crippen molar-refractivity contribution in [1.82, 2.24) is 29.0 Å². The predicted octanol–water partition coefficient (Wildman–Crippen LogP) is 2.79. The number of benzene rings is 1. The Kier molecular flexibility index (Phi) is 5.43. The fourth-order valence-corrected chi connectivity index (χ4v) is 4.19. The van der Waals surface area contributed by atoms with Crippen LogP contribution in [0.2, 0.25) is 5.02 Å². The van der Waals surface area contributed by atoms with Crippen molar-refractivity contribution < 1.29 is 4.74 Å². The summed E-state index contributed by atoms with van der Waals surface area (Å²) in [6.45, 7) is 6.84. The van der Waals surface area contributed by atoms with E-state index in [-0.39, 0.29) is 5.56 Å². The average Bonchev–Trinajstić information content (AvgIpc) is 3.15. The number of nitrogens with zero attached hydrogens (tertiary/aromatic N) is 6. The van der Waals surface area contributed by atoms with Gasteiger partial charge in [0.15, 0.2) is 0 Å². The molecule has 160 valence electrons. The highest BCUT2D eigenvalue weighted by Crippen LogP contribution is 2.27. The van der Waals surface area contributed by atoms with Crippen LogP contribution in [0.15, 0.2) is 41.3 Å². The van der Waals surface area contributed by atoms with Crippen LogP contribution in [0.5, 0.6) is 0 Å². The zero-order valence-corrected chi connectivity index (χ0v) is 18.0. The number of hydrogen-bond acceptors (Lipinski definition) is 6. The fraction of sp³-hybridized carbons (Fsp3) is 0.364. The smallest absolute Gasteiger partial charge is 0.262 e. The molecule has 1 aromatic carbocycles. The highest BCUT2D eigenvalue weighted by Gasteiger charge is 2.18. The molecule has 5 rings (SSSR count). The van der Waals surface area contributed by atoms with Gasteiger partial charge in [-0.3, -0.25) is 9.69 Å². The molecule has 9 heteroatoms. The number of aromatic nitrogens is 5. The molecule has 0 atom stereocenters. The fourth-order valence-electron chi connectivity index (χ4n) is 4.06. The summed E-state index contributed by atoms with van der Waals surface area (Å²) in [4.78, 5) is 24.9. The van der Waals surface area contributed by atoms with E-state index in [2.05, 4.69) is 20.0 Å². The minimum Gasteiger partial charge on any atom is -0.379 e. The third-order valence-corrected chi connectivity index (χ3v) is 5.85. The Bertz CT molecular complexity index is 1290. The van der Waals surface area contributed by atoms with Crippen molar-refractivity contribution in [3.05, 3.63) is 57.7 Å². The zero-order chi connectivity index (χ0) is 21.4. The molecule has 0 amide bonds. The molecule has 1 saturated heterocycles. The monoisotopic (exact) mass is 438 g/mol. The molecular weight excluding hydrogens is 416 g/mol. The second kappa shape index (κ2) is 8.37. The van der Waals surface area contributed by atoms with Gasteiger partial charge in [-0.05, 0) is 31.5 Å². The Hall–Kier alpha value is -2.81. The van der Waals surface area contributed by atoms with Crippen LogP contribution in [-0.4, -0.2) is 61.9 Å². The molecule has 1 aliphatic heterocycles. The van der Waals surface area contributed by atoms with E-state index >= 15 is 0 Å². The van der Waals surface area contributed by atoms with Gasteiger partial charge < -0.3 is 9.30 Å². The third kappa shape index (κ3) is 3.94. The van der Waals surface area contributed by atoms with E-state index in [4.69, 9.17) is 16.3 Å². The van der Waals surface area contributed by atoms with E-state index in [1.165, 1.54) is 0 Å². The van der Waals surface area contributed by atoms with Gasteiger partial charge in [0.25, 0.3) is 11.3 Å². The van der Waals surface area contributed by atoms with E-state index in [0.717, 1.165) is 44.8 Å². The Labute approximate surface area is 184 Å². The van der Waals surface area contributed by atoms with Gasteiger partial charge in [0, 0.05) is 43.0 Å². The number of hydrogen-bond donors (Lipinski definition) is 0. The molecular formula is C22H23ClN6O2. The summed E-state index contributed by atoms with van der Waals surface area (Å²) < 4.78 is 8.82. The molecule has 1 aliphatic rings. The maximum absolute atomic E-state index is 13.5. The number of rotatable bonds is 5. The first-order valence-electron chi connectivity index (χ1n) is 10.4. The standard InChI is InChI=1S/C22H23ClN6O2/c1-15-24-22-25-18-7-10-28(9-2-8-27-11-13-31-14-12-27)21(30)19(18)20(29(22)26-15)16-3-5-17(23)6-4-16/h3-7,10H,2,8-9,11-14H2,1H3. The minimum absolute atomic E-state index is 0.0769. The summed E-state index contributed by atoms with van der Waals surface area (Å²) in [5.41, 5.74) is 2.06. The second-order valence-electron chi connectivity index (χ2n) is 7.72. The largest absolute Gasteiger partial charge is 0.379 e. The predicted molar refractivity (Wildman–Crippen MR) is 120 cm³/mol. The van der Waals surface area contributed by atoms with Gasteiger partial charge in [-0.1, -0.05) is 23.7 Å². The first-order chi connectivity index (χ1) is 15.1. The topological polar surface area (TPSA) is 77.6 Å². The summed E-state index contributed by atoms with van der Waals surface area (Å²) >= 11 is 6.09.